The van der Waals surface area contributed by atoms with Crippen LogP contribution in [0.15, 0.2) is 0 Å². The van der Waals surface area contributed by atoms with Crippen molar-refractivity contribution in [3.8, 4) is 0 Å². The first kappa shape index (κ1) is 14.2. The Morgan fingerprint density at radius 1 is 1.17 bits per heavy atom. The van der Waals surface area contributed by atoms with Crippen LogP contribution in [-0.2, 0) is 4.79 Å². The number of ketones is 1. The van der Waals surface area contributed by atoms with E-state index in [1.54, 1.807) is 0 Å². The summed E-state index contributed by atoms with van der Waals surface area (Å²) in [6.45, 7) is 5.90. The van der Waals surface area contributed by atoms with Crippen LogP contribution in [0.2, 0.25) is 0 Å². The number of hydrogen-bond donors (Lipinski definition) is 1. The molecule has 0 saturated heterocycles. The van der Waals surface area contributed by atoms with Crippen molar-refractivity contribution in [2.75, 3.05) is 6.61 Å². The fraction of sp³-hybridized carbons (Fsp3) is 0.900. The third-order valence-corrected chi connectivity index (χ3v) is 1.42. The molecular weight excluding hydrogens is 152 g/mol. The Balaban J connectivity index is 0. The minimum Gasteiger partial charge on any atom is -0.396 e. The van der Waals surface area contributed by atoms with E-state index in [0.717, 1.165) is 0 Å². The summed E-state index contributed by atoms with van der Waals surface area (Å²) in [5.74, 6) is 0.0394. The molecule has 0 spiro atoms. The number of rotatable bonds is 5. The Bertz CT molecular complexity index is 85.8. The Morgan fingerprint density at radius 2 is 1.58 bits per heavy atom. The number of aliphatic hydroxyl groups is 1. The monoisotopic (exact) mass is 174 g/mol. The minimum atomic E-state index is -0.0185. The Labute approximate surface area is 76.0 Å². The van der Waals surface area contributed by atoms with Gasteiger partial charge < -0.3 is 5.11 Å². The van der Waals surface area contributed by atoms with Crippen LogP contribution < -0.4 is 0 Å². The van der Waals surface area contributed by atoms with Crippen molar-refractivity contribution in [3.63, 3.8) is 0 Å². The van der Waals surface area contributed by atoms with Crippen LogP contribution >= 0.6 is 0 Å². The number of carbonyl (C=O) groups is 1. The van der Waals surface area contributed by atoms with Gasteiger partial charge in [-0.25, -0.2) is 0 Å². The van der Waals surface area contributed by atoms with Crippen LogP contribution in [0.25, 0.3) is 0 Å². The second-order valence-electron chi connectivity index (χ2n) is 2.88. The van der Waals surface area contributed by atoms with Crippen molar-refractivity contribution in [3.05, 3.63) is 0 Å². The van der Waals surface area contributed by atoms with Gasteiger partial charge in [0.25, 0.3) is 0 Å². The maximum Gasteiger partial charge on any atom is 0.132 e. The number of carbonyl (C=O) groups excluding carboxylic acids is 1. The molecule has 0 unspecified atom stereocenters. The van der Waals surface area contributed by atoms with E-state index in [1.807, 2.05) is 0 Å². The maximum absolute atomic E-state index is 9.88. The van der Waals surface area contributed by atoms with E-state index < -0.39 is 0 Å². The third-order valence-electron chi connectivity index (χ3n) is 1.42. The lowest BCUT2D eigenvalue weighted by molar-refractivity contribution is -0.117. The first-order chi connectivity index (χ1) is 5.68. The first-order valence-electron chi connectivity index (χ1n) is 4.79. The Hall–Kier alpha value is -0.370. The summed E-state index contributed by atoms with van der Waals surface area (Å²) >= 11 is 0. The molecular formula is C10H22O2. The summed E-state index contributed by atoms with van der Waals surface area (Å²) < 4.78 is 0. The molecule has 0 saturated carbocycles. The maximum atomic E-state index is 9.88. The van der Waals surface area contributed by atoms with Gasteiger partial charge in [-0.15, -0.1) is 0 Å². The Kier molecular flexibility index (Phi) is 15.6. The molecule has 0 fully saturated rings. The second-order valence-corrected chi connectivity index (χ2v) is 2.88. The molecule has 2 heteroatoms. The number of hydrogen-bond acceptors (Lipinski definition) is 2. The van der Waals surface area contributed by atoms with Crippen LogP contribution in [0.5, 0.6) is 0 Å². The number of unbranched alkanes of at least 4 members (excludes halogenated alkanes) is 3. The molecule has 0 aliphatic heterocycles. The van der Waals surface area contributed by atoms with Gasteiger partial charge in [0, 0.05) is 13.0 Å². The highest BCUT2D eigenvalue weighted by atomic mass is 16.3. The van der Waals surface area contributed by atoms with Crippen molar-refractivity contribution in [1.82, 2.24) is 0 Å². The van der Waals surface area contributed by atoms with Crippen LogP contribution in [0.1, 0.15) is 52.9 Å². The van der Waals surface area contributed by atoms with E-state index in [2.05, 4.69) is 13.8 Å². The van der Waals surface area contributed by atoms with E-state index in [9.17, 15) is 4.79 Å². The molecule has 0 bridgehead atoms. The summed E-state index contributed by atoms with van der Waals surface area (Å²) in [6.07, 6.45) is 5.83. The molecule has 0 aliphatic carbocycles. The predicted molar refractivity (Wildman–Crippen MR) is 52.2 cm³/mol. The summed E-state index contributed by atoms with van der Waals surface area (Å²) in [5, 5.41) is 8.02. The van der Waals surface area contributed by atoms with Gasteiger partial charge >= 0.3 is 0 Å². The highest BCUT2D eigenvalue weighted by molar-refractivity contribution is 5.75. The van der Waals surface area contributed by atoms with Crippen LogP contribution in [0, 0.1) is 0 Å². The molecule has 0 amide bonds. The molecule has 0 rings (SSSR count). The minimum absolute atomic E-state index is 0.0185. The molecule has 74 valence electrons. The SMILES string of the molecule is CC(=O)CCO.CCCCCC. The molecule has 0 heterocycles. The predicted octanol–water partition coefficient (Wildman–Crippen LogP) is 2.54. The zero-order chi connectivity index (χ0) is 9.82. The fourth-order valence-corrected chi connectivity index (χ4v) is 0.657. The van der Waals surface area contributed by atoms with Crippen LogP contribution in [-0.4, -0.2) is 17.5 Å². The van der Waals surface area contributed by atoms with Crippen molar-refractivity contribution >= 4 is 5.78 Å². The molecule has 0 atom stereocenters. The summed E-state index contributed by atoms with van der Waals surface area (Å²) in [4.78, 5) is 9.88. The molecule has 0 radical (unpaired) electrons. The second kappa shape index (κ2) is 13.2. The lowest BCUT2D eigenvalue weighted by Crippen LogP contribution is -1.92. The molecule has 2 nitrogen and oxygen atoms in total. The number of Topliss-reactive ketones (excluding diaryl/α,β-unsaturated/α-hetero) is 1. The molecule has 12 heavy (non-hydrogen) atoms. The van der Waals surface area contributed by atoms with E-state index in [-0.39, 0.29) is 12.4 Å². The van der Waals surface area contributed by atoms with E-state index in [4.69, 9.17) is 5.11 Å². The quantitative estimate of drug-likeness (QED) is 0.650. The largest absolute Gasteiger partial charge is 0.396 e. The molecule has 0 aromatic heterocycles. The third kappa shape index (κ3) is 22.6. The highest BCUT2D eigenvalue weighted by Crippen LogP contribution is 1.95. The average Bonchev–Trinajstić information content (AvgIpc) is 2.02. The summed E-state index contributed by atoms with van der Waals surface area (Å²) in [5.41, 5.74) is 0. The van der Waals surface area contributed by atoms with Gasteiger partial charge in [-0.3, -0.25) is 4.79 Å². The highest BCUT2D eigenvalue weighted by Gasteiger charge is 1.84. The zero-order valence-electron chi connectivity index (χ0n) is 8.60. The van der Waals surface area contributed by atoms with E-state index >= 15 is 0 Å². The van der Waals surface area contributed by atoms with Gasteiger partial charge in [-0.05, 0) is 6.92 Å². The van der Waals surface area contributed by atoms with Gasteiger partial charge in [0.2, 0.25) is 0 Å². The van der Waals surface area contributed by atoms with Gasteiger partial charge in [0.05, 0.1) is 0 Å². The van der Waals surface area contributed by atoms with Crippen LogP contribution in [0.4, 0.5) is 0 Å². The van der Waals surface area contributed by atoms with E-state index in [0.29, 0.717) is 6.42 Å². The van der Waals surface area contributed by atoms with Gasteiger partial charge in [-0.1, -0.05) is 39.5 Å². The normalized spacial score (nSPS) is 8.67. The Morgan fingerprint density at radius 3 is 1.67 bits per heavy atom. The standard InChI is InChI=1S/C6H14.C4H8O2/c1-3-5-6-4-2;1-4(6)2-3-5/h3-6H2,1-2H3;5H,2-3H2,1H3. The fourth-order valence-electron chi connectivity index (χ4n) is 0.657. The zero-order valence-corrected chi connectivity index (χ0v) is 8.60. The van der Waals surface area contributed by atoms with Gasteiger partial charge in [0.1, 0.15) is 5.78 Å². The lowest BCUT2D eigenvalue weighted by Gasteiger charge is -1.86. The van der Waals surface area contributed by atoms with Crippen LogP contribution in [0.3, 0.4) is 0 Å². The van der Waals surface area contributed by atoms with E-state index in [1.165, 1.54) is 32.6 Å². The molecule has 0 aromatic carbocycles. The molecule has 0 aromatic rings. The smallest absolute Gasteiger partial charge is 0.132 e. The summed E-state index contributed by atoms with van der Waals surface area (Å²) in [6, 6.07) is 0. The molecule has 0 aliphatic rings. The van der Waals surface area contributed by atoms with Crippen molar-refractivity contribution in [2.45, 2.75) is 52.9 Å². The van der Waals surface area contributed by atoms with Crippen molar-refractivity contribution < 1.29 is 9.90 Å². The summed E-state index contributed by atoms with van der Waals surface area (Å²) in [7, 11) is 0. The number of aliphatic hydroxyl groups excluding tert-OH is 1. The van der Waals surface area contributed by atoms with Gasteiger partial charge in [-0.2, -0.15) is 0 Å². The topological polar surface area (TPSA) is 37.3 Å². The molecule has 1 N–H and O–H groups in total. The van der Waals surface area contributed by atoms with Crippen molar-refractivity contribution in [2.24, 2.45) is 0 Å². The average molecular weight is 174 g/mol. The van der Waals surface area contributed by atoms with Crippen molar-refractivity contribution in [1.29, 1.82) is 0 Å². The first-order valence-corrected chi connectivity index (χ1v) is 4.79. The van der Waals surface area contributed by atoms with Gasteiger partial charge in [0.15, 0.2) is 0 Å². The lowest BCUT2D eigenvalue weighted by atomic mass is 10.2.